The second-order valence-electron chi connectivity index (χ2n) is 4.16. The average Bonchev–Trinajstić information content (AvgIpc) is 2.68. The van der Waals surface area contributed by atoms with Gasteiger partial charge in [0.05, 0.1) is 12.8 Å². The van der Waals surface area contributed by atoms with E-state index in [1.54, 1.807) is 23.7 Å². The number of nitrogens with zero attached hydrogens (tertiary/aromatic N) is 1. The molecule has 0 spiro atoms. The molecule has 3 nitrogen and oxygen atoms in total. The molecule has 0 aliphatic heterocycles. The van der Waals surface area contributed by atoms with Crippen molar-refractivity contribution in [3.8, 4) is 5.75 Å². The lowest BCUT2D eigenvalue weighted by molar-refractivity contribution is 0.218. The molecule has 2 aromatic heterocycles. The van der Waals surface area contributed by atoms with Crippen LogP contribution in [-0.2, 0) is 0 Å². The number of rotatable bonds is 4. The highest BCUT2D eigenvalue weighted by atomic mass is 32.1. The summed E-state index contributed by atoms with van der Waals surface area (Å²) < 4.78 is 5.40. The van der Waals surface area contributed by atoms with E-state index in [1.807, 2.05) is 32.9 Å². The fourth-order valence-corrected chi connectivity index (χ4v) is 2.89. The molecule has 4 heteroatoms. The van der Waals surface area contributed by atoms with Crippen molar-refractivity contribution < 1.29 is 9.84 Å². The number of aliphatic hydroxyl groups excluding tert-OH is 1. The fourth-order valence-electron chi connectivity index (χ4n) is 1.93. The lowest BCUT2D eigenvalue weighted by Crippen LogP contribution is -2.01. The zero-order valence-corrected chi connectivity index (χ0v) is 11.6. The van der Waals surface area contributed by atoms with Crippen molar-refractivity contribution in [2.45, 2.75) is 26.9 Å². The first kappa shape index (κ1) is 13.1. The molecule has 0 saturated carbocycles. The first-order valence-electron chi connectivity index (χ1n) is 5.94. The number of pyridine rings is 1. The molecular weight excluding hydrogens is 246 g/mol. The van der Waals surface area contributed by atoms with E-state index in [2.05, 4.69) is 4.98 Å². The lowest BCUT2D eigenvalue weighted by atomic mass is 10.0. The minimum absolute atomic E-state index is 0.595. The van der Waals surface area contributed by atoms with E-state index >= 15 is 0 Å². The third kappa shape index (κ3) is 2.71. The van der Waals surface area contributed by atoms with Crippen molar-refractivity contribution >= 4 is 11.3 Å². The van der Waals surface area contributed by atoms with Gasteiger partial charge in [-0.1, -0.05) is 0 Å². The largest absolute Gasteiger partial charge is 0.492 e. The van der Waals surface area contributed by atoms with Gasteiger partial charge in [-0.25, -0.2) is 0 Å². The molecule has 0 aliphatic carbocycles. The Balaban J connectivity index is 2.30. The first-order valence-corrected chi connectivity index (χ1v) is 6.76. The predicted molar refractivity (Wildman–Crippen MR) is 73.3 cm³/mol. The molecule has 0 radical (unpaired) electrons. The van der Waals surface area contributed by atoms with Gasteiger partial charge in [0.25, 0.3) is 0 Å². The summed E-state index contributed by atoms with van der Waals surface area (Å²) in [7, 11) is 0. The van der Waals surface area contributed by atoms with Gasteiger partial charge in [-0.2, -0.15) is 0 Å². The summed E-state index contributed by atoms with van der Waals surface area (Å²) in [5.74, 6) is 0.693. The number of aromatic nitrogens is 1. The van der Waals surface area contributed by atoms with Gasteiger partial charge in [0.1, 0.15) is 11.9 Å². The van der Waals surface area contributed by atoms with E-state index < -0.39 is 6.10 Å². The molecule has 1 unspecified atom stereocenters. The summed E-state index contributed by atoms with van der Waals surface area (Å²) in [5.41, 5.74) is 1.72. The van der Waals surface area contributed by atoms with Crippen LogP contribution in [0.15, 0.2) is 24.5 Å². The van der Waals surface area contributed by atoms with Crippen molar-refractivity contribution in [3.63, 3.8) is 0 Å². The van der Waals surface area contributed by atoms with Crippen LogP contribution in [0, 0.1) is 13.8 Å². The Kier molecular flexibility index (Phi) is 3.99. The van der Waals surface area contributed by atoms with E-state index in [1.165, 1.54) is 4.88 Å². The van der Waals surface area contributed by atoms with Gasteiger partial charge in [-0.3, -0.25) is 4.98 Å². The molecular formula is C14H17NO2S. The fraction of sp³-hybridized carbons (Fsp3) is 0.357. The van der Waals surface area contributed by atoms with E-state index in [9.17, 15) is 5.11 Å². The molecule has 96 valence electrons. The summed E-state index contributed by atoms with van der Waals surface area (Å²) in [6.45, 7) is 6.59. The van der Waals surface area contributed by atoms with Crippen LogP contribution >= 0.6 is 11.3 Å². The molecule has 0 fully saturated rings. The smallest absolute Gasteiger partial charge is 0.137 e. The number of aliphatic hydroxyl groups is 1. The minimum atomic E-state index is -0.636. The highest BCUT2D eigenvalue weighted by Crippen LogP contribution is 2.31. The molecule has 0 aliphatic rings. The summed E-state index contributed by atoms with van der Waals surface area (Å²) in [5, 5.41) is 10.4. The maximum absolute atomic E-state index is 10.4. The van der Waals surface area contributed by atoms with Crippen LogP contribution in [0.2, 0.25) is 0 Å². The van der Waals surface area contributed by atoms with Gasteiger partial charge in [0.15, 0.2) is 0 Å². The normalized spacial score (nSPS) is 12.4. The van der Waals surface area contributed by atoms with E-state index in [0.29, 0.717) is 12.4 Å². The minimum Gasteiger partial charge on any atom is -0.492 e. The van der Waals surface area contributed by atoms with Gasteiger partial charge in [-0.15, -0.1) is 11.3 Å². The molecule has 2 aromatic rings. The third-order valence-electron chi connectivity index (χ3n) is 2.74. The number of ether oxygens (including phenoxy) is 1. The summed E-state index contributed by atoms with van der Waals surface area (Å²) in [4.78, 5) is 6.45. The van der Waals surface area contributed by atoms with Crippen molar-refractivity contribution in [1.29, 1.82) is 0 Å². The molecule has 2 rings (SSSR count). The molecule has 18 heavy (non-hydrogen) atoms. The van der Waals surface area contributed by atoms with Crippen molar-refractivity contribution in [3.05, 3.63) is 45.4 Å². The Hall–Kier alpha value is -1.39. The maximum atomic E-state index is 10.4. The Bertz CT molecular complexity index is 536. The molecule has 1 N–H and O–H groups in total. The highest BCUT2D eigenvalue weighted by Gasteiger charge is 2.16. The van der Waals surface area contributed by atoms with Gasteiger partial charge in [0, 0.05) is 21.5 Å². The van der Waals surface area contributed by atoms with Gasteiger partial charge in [-0.05, 0) is 38.5 Å². The van der Waals surface area contributed by atoms with Gasteiger partial charge >= 0.3 is 0 Å². The zero-order valence-electron chi connectivity index (χ0n) is 10.8. The van der Waals surface area contributed by atoms with Crippen LogP contribution in [0.1, 0.15) is 33.9 Å². The van der Waals surface area contributed by atoms with Crippen molar-refractivity contribution in [2.75, 3.05) is 6.61 Å². The van der Waals surface area contributed by atoms with Crippen molar-refractivity contribution in [2.24, 2.45) is 0 Å². The van der Waals surface area contributed by atoms with Crippen LogP contribution < -0.4 is 4.74 Å². The SMILES string of the molecule is CCOc1cncc(C(O)c2cc(C)sc2C)c1. The maximum Gasteiger partial charge on any atom is 0.137 e. The van der Waals surface area contributed by atoms with Crippen LogP contribution in [0.25, 0.3) is 0 Å². The number of thiophene rings is 1. The molecule has 0 saturated heterocycles. The molecule has 0 amide bonds. The monoisotopic (exact) mass is 263 g/mol. The van der Waals surface area contributed by atoms with Crippen LogP contribution in [0.4, 0.5) is 0 Å². The molecule has 1 atom stereocenters. The van der Waals surface area contributed by atoms with Crippen LogP contribution in [0.5, 0.6) is 5.75 Å². The molecule has 2 heterocycles. The van der Waals surface area contributed by atoms with Gasteiger partial charge in [0.2, 0.25) is 0 Å². The van der Waals surface area contributed by atoms with E-state index in [4.69, 9.17) is 4.74 Å². The molecule has 0 aromatic carbocycles. The van der Waals surface area contributed by atoms with Crippen LogP contribution in [0.3, 0.4) is 0 Å². The highest BCUT2D eigenvalue weighted by molar-refractivity contribution is 7.12. The quantitative estimate of drug-likeness (QED) is 0.920. The zero-order chi connectivity index (χ0) is 13.1. The number of aryl methyl sites for hydroxylation is 2. The Morgan fingerprint density at radius 3 is 2.72 bits per heavy atom. The van der Waals surface area contributed by atoms with Crippen molar-refractivity contribution in [1.82, 2.24) is 4.98 Å². The molecule has 0 bridgehead atoms. The van der Waals surface area contributed by atoms with E-state index in [0.717, 1.165) is 16.0 Å². The third-order valence-corrected chi connectivity index (χ3v) is 3.72. The summed E-state index contributed by atoms with van der Waals surface area (Å²) in [6.07, 6.45) is 2.70. The van der Waals surface area contributed by atoms with Crippen LogP contribution in [-0.4, -0.2) is 16.7 Å². The number of hydrogen-bond acceptors (Lipinski definition) is 4. The standard InChI is InChI=1S/C14H17NO2S/c1-4-17-12-6-11(7-15-8-12)14(16)13-5-9(2)18-10(13)3/h5-8,14,16H,4H2,1-3H3. The van der Waals surface area contributed by atoms with E-state index in [-0.39, 0.29) is 0 Å². The first-order chi connectivity index (χ1) is 8.61. The predicted octanol–water partition coefficient (Wildman–Crippen LogP) is 3.24. The topological polar surface area (TPSA) is 42.4 Å². The second kappa shape index (κ2) is 5.50. The average molecular weight is 263 g/mol. The van der Waals surface area contributed by atoms with Gasteiger partial charge < -0.3 is 9.84 Å². The summed E-state index contributed by atoms with van der Waals surface area (Å²) >= 11 is 1.70. The Labute approximate surface area is 111 Å². The number of hydrogen-bond donors (Lipinski definition) is 1. The second-order valence-corrected chi connectivity index (χ2v) is 5.62. The lowest BCUT2D eigenvalue weighted by Gasteiger charge is -2.12. The Morgan fingerprint density at radius 1 is 1.33 bits per heavy atom. The summed E-state index contributed by atoms with van der Waals surface area (Å²) in [6, 6.07) is 3.87. The Morgan fingerprint density at radius 2 is 2.11 bits per heavy atom.